The molecule has 1 aromatic rings. The van der Waals surface area contributed by atoms with Crippen LogP contribution in [0.4, 0.5) is 17.1 Å². The quantitative estimate of drug-likeness (QED) is 0.577. The van der Waals surface area contributed by atoms with Crippen LogP contribution in [0.25, 0.3) is 0 Å². The minimum atomic E-state index is -0.675. The first kappa shape index (κ1) is 14.8. The highest BCUT2D eigenvalue weighted by Crippen LogP contribution is 2.29. The summed E-state index contributed by atoms with van der Waals surface area (Å²) in [5, 5.41) is 33.1. The first-order chi connectivity index (χ1) is 8.95. The van der Waals surface area contributed by atoms with Crippen LogP contribution in [0.1, 0.15) is 19.8 Å². The van der Waals surface area contributed by atoms with Crippen molar-refractivity contribution in [3.63, 3.8) is 0 Å². The molecule has 1 unspecified atom stereocenters. The minimum Gasteiger partial charge on any atom is -0.396 e. The number of nitrogens with one attached hydrogen (secondary N) is 1. The fourth-order valence-corrected chi connectivity index (χ4v) is 1.64. The van der Waals surface area contributed by atoms with Crippen LogP contribution in [0, 0.1) is 20.2 Å². The Labute approximate surface area is 109 Å². The molecule has 1 atom stereocenters. The third-order valence-corrected chi connectivity index (χ3v) is 2.59. The summed E-state index contributed by atoms with van der Waals surface area (Å²) in [5.41, 5.74) is -0.411. The highest BCUT2D eigenvalue weighted by atomic mass is 16.6. The molecule has 0 saturated heterocycles. The zero-order chi connectivity index (χ0) is 14.4. The molecule has 1 aromatic carbocycles. The molecule has 0 aliphatic heterocycles. The standard InChI is InChI=1S/C11H15N3O5/c1-8(3-2-6-15)12-10-5-4-9(13(16)17)7-11(10)14(18)19/h4-5,7-8,12,15H,2-3,6H2,1H3. The number of aliphatic hydroxyl groups excluding tert-OH is 1. The second-order valence-electron chi connectivity index (χ2n) is 4.13. The molecule has 0 aromatic heterocycles. The van der Waals surface area contributed by atoms with Crippen LogP contribution < -0.4 is 5.32 Å². The third-order valence-electron chi connectivity index (χ3n) is 2.59. The molecule has 0 aliphatic carbocycles. The summed E-state index contributed by atoms with van der Waals surface area (Å²) in [7, 11) is 0. The maximum atomic E-state index is 10.9. The monoisotopic (exact) mass is 269 g/mol. The van der Waals surface area contributed by atoms with Gasteiger partial charge in [0.2, 0.25) is 0 Å². The summed E-state index contributed by atoms with van der Waals surface area (Å²) in [6.07, 6.45) is 1.22. The first-order valence-electron chi connectivity index (χ1n) is 5.76. The molecule has 8 heteroatoms. The third kappa shape index (κ3) is 4.18. The summed E-state index contributed by atoms with van der Waals surface area (Å²) in [4.78, 5) is 20.1. The minimum absolute atomic E-state index is 0.0500. The number of nitro groups is 2. The molecule has 0 saturated carbocycles. The summed E-state index contributed by atoms with van der Waals surface area (Å²) in [5.74, 6) is 0. The second kappa shape index (κ2) is 6.64. The molecule has 0 amide bonds. The molecule has 104 valence electrons. The van der Waals surface area contributed by atoms with E-state index in [1.807, 2.05) is 6.92 Å². The largest absolute Gasteiger partial charge is 0.396 e. The molecule has 0 bridgehead atoms. The van der Waals surface area contributed by atoms with Gasteiger partial charge in [-0.25, -0.2) is 0 Å². The average molecular weight is 269 g/mol. The van der Waals surface area contributed by atoms with Gasteiger partial charge in [-0.1, -0.05) is 0 Å². The Kier molecular flexibility index (Phi) is 5.19. The fraction of sp³-hybridized carbons (Fsp3) is 0.455. The molecule has 8 nitrogen and oxygen atoms in total. The van der Waals surface area contributed by atoms with Gasteiger partial charge in [-0.2, -0.15) is 0 Å². The Balaban J connectivity index is 2.94. The van der Waals surface area contributed by atoms with Crippen molar-refractivity contribution in [3.05, 3.63) is 38.4 Å². The summed E-state index contributed by atoms with van der Waals surface area (Å²) in [6.45, 7) is 1.87. The van der Waals surface area contributed by atoms with E-state index in [0.29, 0.717) is 12.8 Å². The van der Waals surface area contributed by atoms with Crippen molar-refractivity contribution in [2.75, 3.05) is 11.9 Å². The van der Waals surface area contributed by atoms with Gasteiger partial charge in [-0.05, 0) is 25.8 Å². The van der Waals surface area contributed by atoms with Crippen molar-refractivity contribution >= 4 is 17.1 Å². The predicted molar refractivity (Wildman–Crippen MR) is 69.2 cm³/mol. The van der Waals surface area contributed by atoms with E-state index in [1.54, 1.807) is 0 Å². The number of rotatable bonds is 7. The van der Waals surface area contributed by atoms with E-state index in [4.69, 9.17) is 5.11 Å². The highest BCUT2D eigenvalue weighted by Gasteiger charge is 2.20. The maximum Gasteiger partial charge on any atom is 0.299 e. The van der Waals surface area contributed by atoms with Gasteiger partial charge in [0.05, 0.1) is 15.9 Å². The lowest BCUT2D eigenvalue weighted by Crippen LogP contribution is -2.16. The molecule has 0 heterocycles. The molecular formula is C11H15N3O5. The number of nitrogens with zero attached hydrogens (tertiary/aromatic N) is 2. The van der Waals surface area contributed by atoms with Gasteiger partial charge in [0, 0.05) is 18.7 Å². The van der Waals surface area contributed by atoms with Crippen LogP contribution in [0.3, 0.4) is 0 Å². The van der Waals surface area contributed by atoms with E-state index < -0.39 is 9.85 Å². The normalized spacial score (nSPS) is 11.9. The molecule has 0 spiro atoms. The van der Waals surface area contributed by atoms with E-state index in [-0.39, 0.29) is 29.7 Å². The number of aliphatic hydroxyl groups is 1. The number of non-ortho nitro benzene ring substituents is 1. The molecule has 19 heavy (non-hydrogen) atoms. The van der Waals surface area contributed by atoms with Crippen LogP contribution in [-0.2, 0) is 0 Å². The van der Waals surface area contributed by atoms with Crippen LogP contribution in [0.5, 0.6) is 0 Å². The van der Waals surface area contributed by atoms with Crippen LogP contribution in [-0.4, -0.2) is 27.6 Å². The molecule has 1 rings (SSSR count). The van der Waals surface area contributed by atoms with Gasteiger partial charge in [0.1, 0.15) is 5.69 Å². The van der Waals surface area contributed by atoms with Gasteiger partial charge < -0.3 is 10.4 Å². The SMILES string of the molecule is CC(CCCO)Nc1ccc([N+](=O)[O-])cc1[N+](=O)[O-]. The van der Waals surface area contributed by atoms with Gasteiger partial charge in [0.15, 0.2) is 0 Å². The van der Waals surface area contributed by atoms with E-state index >= 15 is 0 Å². The molecule has 0 aliphatic rings. The molecule has 0 radical (unpaired) electrons. The lowest BCUT2D eigenvalue weighted by atomic mass is 10.1. The average Bonchev–Trinajstić information content (AvgIpc) is 2.36. The predicted octanol–water partition coefficient (Wildman–Crippen LogP) is 2.08. The van der Waals surface area contributed by atoms with E-state index in [9.17, 15) is 20.2 Å². The zero-order valence-corrected chi connectivity index (χ0v) is 10.4. The van der Waals surface area contributed by atoms with Gasteiger partial charge in [-0.3, -0.25) is 20.2 Å². The number of hydrogen-bond acceptors (Lipinski definition) is 6. The Morgan fingerprint density at radius 1 is 1.32 bits per heavy atom. The Hall–Kier alpha value is -2.22. The lowest BCUT2D eigenvalue weighted by Gasteiger charge is -2.14. The molecular weight excluding hydrogens is 254 g/mol. The van der Waals surface area contributed by atoms with Gasteiger partial charge in [-0.15, -0.1) is 0 Å². The number of hydrogen-bond donors (Lipinski definition) is 2. The van der Waals surface area contributed by atoms with Crippen LogP contribution in [0.15, 0.2) is 18.2 Å². The fourth-order valence-electron chi connectivity index (χ4n) is 1.64. The zero-order valence-electron chi connectivity index (χ0n) is 10.4. The number of benzene rings is 1. The van der Waals surface area contributed by atoms with Crippen molar-refractivity contribution < 1.29 is 15.0 Å². The highest BCUT2D eigenvalue weighted by molar-refractivity contribution is 5.65. The second-order valence-corrected chi connectivity index (χ2v) is 4.13. The molecule has 0 fully saturated rings. The topological polar surface area (TPSA) is 119 Å². The smallest absolute Gasteiger partial charge is 0.299 e. The van der Waals surface area contributed by atoms with Crippen molar-refractivity contribution in [1.82, 2.24) is 0 Å². The van der Waals surface area contributed by atoms with E-state index in [0.717, 1.165) is 6.07 Å². The maximum absolute atomic E-state index is 10.9. The van der Waals surface area contributed by atoms with E-state index in [2.05, 4.69) is 5.32 Å². The molecule has 2 N–H and O–H groups in total. The summed E-state index contributed by atoms with van der Waals surface area (Å²) < 4.78 is 0. The summed E-state index contributed by atoms with van der Waals surface area (Å²) in [6, 6.07) is 3.40. The number of nitro benzene ring substituents is 2. The van der Waals surface area contributed by atoms with E-state index in [1.165, 1.54) is 12.1 Å². The Bertz CT molecular complexity index is 477. The van der Waals surface area contributed by atoms with Crippen molar-refractivity contribution in [2.45, 2.75) is 25.8 Å². The Morgan fingerprint density at radius 2 is 2.00 bits per heavy atom. The van der Waals surface area contributed by atoms with Crippen molar-refractivity contribution in [1.29, 1.82) is 0 Å². The van der Waals surface area contributed by atoms with Crippen molar-refractivity contribution in [2.24, 2.45) is 0 Å². The van der Waals surface area contributed by atoms with Crippen LogP contribution >= 0.6 is 0 Å². The lowest BCUT2D eigenvalue weighted by molar-refractivity contribution is -0.393. The Morgan fingerprint density at radius 3 is 2.53 bits per heavy atom. The van der Waals surface area contributed by atoms with Gasteiger partial charge >= 0.3 is 0 Å². The van der Waals surface area contributed by atoms with Gasteiger partial charge in [0.25, 0.3) is 11.4 Å². The van der Waals surface area contributed by atoms with Crippen molar-refractivity contribution in [3.8, 4) is 0 Å². The number of anilines is 1. The van der Waals surface area contributed by atoms with Crippen LogP contribution in [0.2, 0.25) is 0 Å². The first-order valence-corrected chi connectivity index (χ1v) is 5.76. The summed E-state index contributed by atoms with van der Waals surface area (Å²) >= 11 is 0.